The van der Waals surface area contributed by atoms with Crippen molar-refractivity contribution in [3.8, 4) is 11.3 Å². The summed E-state index contributed by atoms with van der Waals surface area (Å²) in [5, 5.41) is 8.96. The first-order valence-electron chi connectivity index (χ1n) is 10.2. The van der Waals surface area contributed by atoms with E-state index in [1.165, 1.54) is 0 Å². The lowest BCUT2D eigenvalue weighted by Gasteiger charge is -2.18. The van der Waals surface area contributed by atoms with E-state index in [1.54, 1.807) is 35.2 Å². The fourth-order valence-electron chi connectivity index (χ4n) is 3.13. The highest BCUT2D eigenvalue weighted by molar-refractivity contribution is 7.98. The summed E-state index contributed by atoms with van der Waals surface area (Å²) in [6.45, 7) is 2.52. The Labute approximate surface area is 191 Å². The number of aryl methyl sites for hydroxylation is 1. The van der Waals surface area contributed by atoms with E-state index in [2.05, 4.69) is 45.3 Å². The number of nitrogens with zero attached hydrogens (tertiary/aromatic N) is 1. The number of thiazole rings is 1. The molecule has 1 atom stereocenters. The summed E-state index contributed by atoms with van der Waals surface area (Å²) in [5.74, 6) is 0.424. The second-order valence-electron chi connectivity index (χ2n) is 7.16. The second kappa shape index (κ2) is 11.7. The summed E-state index contributed by atoms with van der Waals surface area (Å²) in [6, 6.07) is 16.7. The van der Waals surface area contributed by atoms with Crippen molar-refractivity contribution in [1.29, 1.82) is 0 Å². The minimum atomic E-state index is -0.546. The Kier molecular flexibility index (Phi) is 8.67. The summed E-state index contributed by atoms with van der Waals surface area (Å²) < 4.78 is 0. The van der Waals surface area contributed by atoms with Crippen molar-refractivity contribution in [2.75, 3.05) is 18.6 Å². The van der Waals surface area contributed by atoms with Crippen LogP contribution in [-0.4, -0.2) is 41.4 Å². The maximum atomic E-state index is 12.7. The Morgan fingerprint density at radius 3 is 2.48 bits per heavy atom. The van der Waals surface area contributed by atoms with Gasteiger partial charge < -0.3 is 10.6 Å². The predicted molar refractivity (Wildman–Crippen MR) is 130 cm³/mol. The largest absolute Gasteiger partial charge is 0.354 e. The van der Waals surface area contributed by atoms with Crippen LogP contribution in [0.1, 0.15) is 27.3 Å². The Morgan fingerprint density at radius 1 is 1.10 bits per heavy atom. The van der Waals surface area contributed by atoms with Crippen molar-refractivity contribution in [2.24, 2.45) is 0 Å². The summed E-state index contributed by atoms with van der Waals surface area (Å²) >= 11 is 3.30. The molecule has 162 valence electrons. The monoisotopic (exact) mass is 453 g/mol. The summed E-state index contributed by atoms with van der Waals surface area (Å²) in [6.07, 6.45) is 3.31. The van der Waals surface area contributed by atoms with Gasteiger partial charge in [0.1, 0.15) is 6.04 Å². The summed E-state index contributed by atoms with van der Waals surface area (Å²) in [4.78, 5) is 29.7. The molecule has 3 rings (SSSR count). The van der Waals surface area contributed by atoms with E-state index in [-0.39, 0.29) is 11.8 Å². The van der Waals surface area contributed by atoms with Gasteiger partial charge in [0.15, 0.2) is 0 Å². The average molecular weight is 454 g/mol. The minimum Gasteiger partial charge on any atom is -0.354 e. The first-order chi connectivity index (χ1) is 15.1. The normalized spacial score (nSPS) is 11.7. The van der Waals surface area contributed by atoms with Crippen LogP contribution in [0.25, 0.3) is 11.3 Å². The molecule has 1 heterocycles. The fraction of sp³-hybridized carbons (Fsp3) is 0.292. The zero-order valence-corrected chi connectivity index (χ0v) is 19.4. The molecular formula is C24H27N3O2S2. The second-order valence-corrected chi connectivity index (χ2v) is 9.21. The number of nitrogens with one attached hydrogen (secondary N) is 2. The molecule has 0 aliphatic rings. The van der Waals surface area contributed by atoms with Crippen molar-refractivity contribution in [2.45, 2.75) is 25.8 Å². The summed E-state index contributed by atoms with van der Waals surface area (Å²) in [7, 11) is 0. The highest BCUT2D eigenvalue weighted by Crippen LogP contribution is 2.21. The zero-order chi connectivity index (χ0) is 22.1. The van der Waals surface area contributed by atoms with Crippen molar-refractivity contribution >= 4 is 34.9 Å². The molecule has 0 bridgehead atoms. The van der Waals surface area contributed by atoms with Crippen LogP contribution in [0.15, 0.2) is 60.0 Å². The highest BCUT2D eigenvalue weighted by Gasteiger charge is 2.20. The van der Waals surface area contributed by atoms with E-state index in [4.69, 9.17) is 0 Å². The smallest absolute Gasteiger partial charge is 0.251 e. The molecule has 2 amide bonds. The molecule has 0 aliphatic carbocycles. The number of benzene rings is 2. The third kappa shape index (κ3) is 6.94. The van der Waals surface area contributed by atoms with Crippen LogP contribution in [0, 0.1) is 6.92 Å². The number of carbonyl (C=O) groups is 2. The zero-order valence-electron chi connectivity index (χ0n) is 17.8. The van der Waals surface area contributed by atoms with Gasteiger partial charge in [0.25, 0.3) is 5.91 Å². The third-order valence-electron chi connectivity index (χ3n) is 4.85. The maximum Gasteiger partial charge on any atom is 0.251 e. The minimum absolute atomic E-state index is 0.145. The van der Waals surface area contributed by atoms with Gasteiger partial charge in [0.2, 0.25) is 5.91 Å². The molecular weight excluding hydrogens is 426 g/mol. The van der Waals surface area contributed by atoms with Crippen LogP contribution in [0.4, 0.5) is 0 Å². The Bertz CT molecular complexity index is 988. The molecule has 0 aliphatic heterocycles. The van der Waals surface area contributed by atoms with Crippen LogP contribution in [0.3, 0.4) is 0 Å². The van der Waals surface area contributed by atoms with Gasteiger partial charge in [0.05, 0.1) is 10.7 Å². The maximum absolute atomic E-state index is 12.7. The number of hydrogen-bond donors (Lipinski definition) is 2. The molecule has 1 aromatic heterocycles. The van der Waals surface area contributed by atoms with Crippen LogP contribution in [0.5, 0.6) is 0 Å². The van der Waals surface area contributed by atoms with Crippen LogP contribution in [-0.2, 0) is 11.2 Å². The molecule has 2 N–H and O–H groups in total. The Morgan fingerprint density at radius 2 is 1.84 bits per heavy atom. The van der Waals surface area contributed by atoms with Crippen LogP contribution in [0.2, 0.25) is 0 Å². The van der Waals surface area contributed by atoms with Crippen molar-refractivity contribution in [1.82, 2.24) is 15.6 Å². The molecule has 31 heavy (non-hydrogen) atoms. The molecule has 0 radical (unpaired) electrons. The molecule has 1 unspecified atom stereocenters. The molecule has 0 saturated carbocycles. The lowest BCUT2D eigenvalue weighted by molar-refractivity contribution is -0.122. The van der Waals surface area contributed by atoms with Crippen molar-refractivity contribution in [3.05, 3.63) is 76.1 Å². The van der Waals surface area contributed by atoms with Crippen molar-refractivity contribution in [3.63, 3.8) is 0 Å². The Hall–Kier alpha value is -2.64. The standard InChI is InChI=1S/C24H27N3O2S2/c1-17-26-22(16-31-17)19-10-8-18(9-11-19)12-14-25-24(29)21(13-15-30-2)27-23(28)20-6-4-3-5-7-20/h3-11,16,21H,12-15H2,1-2H3,(H,25,29)(H,27,28). The lowest BCUT2D eigenvalue weighted by atomic mass is 10.1. The summed E-state index contributed by atoms with van der Waals surface area (Å²) in [5.41, 5.74) is 3.79. The van der Waals surface area contributed by atoms with Gasteiger partial charge in [-0.15, -0.1) is 11.3 Å². The van der Waals surface area contributed by atoms with E-state index in [1.807, 2.05) is 31.4 Å². The molecule has 0 spiro atoms. The van der Waals surface area contributed by atoms with Gasteiger partial charge in [-0.05, 0) is 49.5 Å². The number of rotatable bonds is 10. The number of hydrogen-bond acceptors (Lipinski definition) is 5. The van der Waals surface area contributed by atoms with E-state index < -0.39 is 6.04 Å². The number of carbonyl (C=O) groups excluding carboxylic acids is 2. The lowest BCUT2D eigenvalue weighted by Crippen LogP contribution is -2.47. The molecule has 2 aromatic carbocycles. The first-order valence-corrected chi connectivity index (χ1v) is 12.5. The van der Waals surface area contributed by atoms with E-state index >= 15 is 0 Å². The van der Waals surface area contributed by atoms with Crippen LogP contribution >= 0.6 is 23.1 Å². The highest BCUT2D eigenvalue weighted by atomic mass is 32.2. The average Bonchev–Trinajstić information content (AvgIpc) is 3.23. The molecule has 5 nitrogen and oxygen atoms in total. The predicted octanol–water partition coefficient (Wildman–Crippen LogP) is 4.33. The van der Waals surface area contributed by atoms with E-state index in [0.717, 1.165) is 34.0 Å². The molecule has 0 fully saturated rings. The Balaban J connectivity index is 1.52. The first kappa shape index (κ1) is 23.0. The molecule has 3 aromatic rings. The number of aromatic nitrogens is 1. The van der Waals surface area contributed by atoms with Crippen LogP contribution < -0.4 is 10.6 Å². The quantitative estimate of drug-likeness (QED) is 0.479. The van der Waals surface area contributed by atoms with E-state index in [9.17, 15) is 9.59 Å². The fourth-order valence-corrected chi connectivity index (χ4v) is 4.22. The third-order valence-corrected chi connectivity index (χ3v) is 6.27. The van der Waals surface area contributed by atoms with Gasteiger partial charge in [-0.25, -0.2) is 4.98 Å². The van der Waals surface area contributed by atoms with Gasteiger partial charge >= 0.3 is 0 Å². The van der Waals surface area contributed by atoms with Crippen molar-refractivity contribution < 1.29 is 9.59 Å². The van der Waals surface area contributed by atoms with Gasteiger partial charge in [-0.3, -0.25) is 9.59 Å². The van der Waals surface area contributed by atoms with E-state index in [0.29, 0.717) is 18.5 Å². The van der Waals surface area contributed by atoms with Gasteiger partial charge in [-0.1, -0.05) is 42.5 Å². The number of amides is 2. The SMILES string of the molecule is CSCCC(NC(=O)c1ccccc1)C(=O)NCCc1ccc(-c2csc(C)n2)cc1. The van der Waals surface area contributed by atoms with Gasteiger partial charge in [0, 0.05) is 23.1 Å². The molecule has 0 saturated heterocycles. The van der Waals surface area contributed by atoms with Gasteiger partial charge in [-0.2, -0.15) is 11.8 Å². The topological polar surface area (TPSA) is 71.1 Å². The molecule has 7 heteroatoms. The number of thioether (sulfide) groups is 1.